The van der Waals surface area contributed by atoms with Gasteiger partial charge in [0, 0.05) is 36.2 Å². The van der Waals surface area contributed by atoms with E-state index < -0.39 is 0 Å². The molecule has 4 heteroatoms. The highest BCUT2D eigenvalue weighted by molar-refractivity contribution is 9.10. The second-order valence-corrected chi connectivity index (χ2v) is 6.21. The van der Waals surface area contributed by atoms with Crippen LogP contribution < -0.4 is 5.32 Å². The number of nitrogens with zero attached hydrogens (tertiary/aromatic N) is 1. The van der Waals surface area contributed by atoms with E-state index in [1.807, 2.05) is 30.0 Å². The number of carbonyl (C=O) groups is 1. The molecule has 1 aromatic carbocycles. The first-order valence-electron chi connectivity index (χ1n) is 6.41. The highest BCUT2D eigenvalue weighted by atomic mass is 79.9. The summed E-state index contributed by atoms with van der Waals surface area (Å²) in [6.07, 6.45) is 0. The molecule has 0 spiro atoms. The molecule has 1 amide bonds. The average Bonchev–Trinajstić information content (AvgIpc) is 2.92. The zero-order valence-corrected chi connectivity index (χ0v) is 12.0. The lowest BCUT2D eigenvalue weighted by atomic mass is 10.0. The Morgan fingerprint density at radius 2 is 2.00 bits per heavy atom. The summed E-state index contributed by atoms with van der Waals surface area (Å²) in [5, 5.41) is 3.40. The van der Waals surface area contributed by atoms with Gasteiger partial charge in [-0.3, -0.25) is 4.79 Å². The second-order valence-electron chi connectivity index (χ2n) is 5.35. The van der Waals surface area contributed by atoms with Crippen LogP contribution in [-0.4, -0.2) is 37.0 Å². The maximum absolute atomic E-state index is 12.4. The Bertz CT molecular complexity index is 477. The van der Waals surface area contributed by atoms with Crippen LogP contribution in [0.4, 0.5) is 0 Å². The van der Waals surface area contributed by atoms with Crippen LogP contribution in [-0.2, 0) is 0 Å². The van der Waals surface area contributed by atoms with E-state index in [-0.39, 0.29) is 5.91 Å². The first kappa shape index (κ1) is 12.2. The number of halogens is 1. The maximum Gasteiger partial charge on any atom is 0.253 e. The van der Waals surface area contributed by atoms with Crippen LogP contribution in [0.2, 0.25) is 0 Å². The maximum atomic E-state index is 12.4. The number of likely N-dealkylation sites (tertiary alicyclic amines) is 1. The lowest BCUT2D eigenvalue weighted by Gasteiger charge is -2.18. The van der Waals surface area contributed by atoms with Crippen LogP contribution in [0, 0.1) is 18.8 Å². The van der Waals surface area contributed by atoms with Crippen molar-refractivity contribution in [2.45, 2.75) is 6.92 Å². The summed E-state index contributed by atoms with van der Waals surface area (Å²) in [7, 11) is 0. The number of rotatable bonds is 1. The number of aryl methyl sites for hydroxylation is 1. The van der Waals surface area contributed by atoms with Gasteiger partial charge >= 0.3 is 0 Å². The molecule has 0 radical (unpaired) electrons. The molecular formula is C14H17BrN2O. The predicted molar refractivity (Wildman–Crippen MR) is 74.6 cm³/mol. The summed E-state index contributed by atoms with van der Waals surface area (Å²) in [5.74, 6) is 1.50. The first-order chi connectivity index (χ1) is 8.65. The molecule has 2 unspecified atom stereocenters. The molecule has 3 rings (SSSR count). The second kappa shape index (κ2) is 4.67. The Balaban J connectivity index is 1.77. The lowest BCUT2D eigenvalue weighted by molar-refractivity contribution is 0.0781. The zero-order chi connectivity index (χ0) is 12.7. The lowest BCUT2D eigenvalue weighted by Crippen LogP contribution is -2.31. The van der Waals surface area contributed by atoms with Crippen LogP contribution in [0.3, 0.4) is 0 Å². The summed E-state index contributed by atoms with van der Waals surface area (Å²) in [6, 6.07) is 5.84. The predicted octanol–water partition coefficient (Wildman–Crippen LogP) is 2.05. The third-order valence-electron chi connectivity index (χ3n) is 4.08. The van der Waals surface area contributed by atoms with Crippen LogP contribution in [0.5, 0.6) is 0 Å². The van der Waals surface area contributed by atoms with E-state index in [0.717, 1.165) is 41.8 Å². The standard InChI is InChI=1S/C14H17BrN2O/c1-9-4-10(2-3-13(9)15)14(18)17-7-11-5-16-6-12(11)8-17/h2-4,11-12,16H,5-8H2,1H3. The highest BCUT2D eigenvalue weighted by Gasteiger charge is 2.38. The van der Waals surface area contributed by atoms with Crippen molar-refractivity contribution in [3.63, 3.8) is 0 Å². The molecule has 0 aromatic heterocycles. The normalized spacial score (nSPS) is 26.4. The van der Waals surface area contributed by atoms with Crippen LogP contribution in [0.15, 0.2) is 22.7 Å². The molecule has 18 heavy (non-hydrogen) atoms. The van der Waals surface area contributed by atoms with Crippen molar-refractivity contribution in [1.82, 2.24) is 10.2 Å². The van der Waals surface area contributed by atoms with Gasteiger partial charge in [-0.15, -0.1) is 0 Å². The molecule has 2 atom stereocenters. The van der Waals surface area contributed by atoms with E-state index in [1.165, 1.54) is 0 Å². The Kier molecular flexibility index (Phi) is 3.16. The third kappa shape index (κ3) is 2.08. The molecule has 1 N–H and O–H groups in total. The van der Waals surface area contributed by atoms with Gasteiger partial charge in [0.05, 0.1) is 0 Å². The van der Waals surface area contributed by atoms with E-state index in [1.54, 1.807) is 0 Å². The summed E-state index contributed by atoms with van der Waals surface area (Å²) < 4.78 is 1.06. The highest BCUT2D eigenvalue weighted by Crippen LogP contribution is 2.28. The quantitative estimate of drug-likeness (QED) is 0.861. The fourth-order valence-electron chi connectivity index (χ4n) is 2.98. The molecule has 2 heterocycles. The van der Waals surface area contributed by atoms with Crippen LogP contribution in [0.1, 0.15) is 15.9 Å². The fourth-order valence-corrected chi connectivity index (χ4v) is 3.23. The van der Waals surface area contributed by atoms with E-state index in [9.17, 15) is 4.79 Å². The van der Waals surface area contributed by atoms with Crippen LogP contribution in [0.25, 0.3) is 0 Å². The summed E-state index contributed by atoms with van der Waals surface area (Å²) >= 11 is 3.47. The number of amides is 1. The van der Waals surface area contributed by atoms with Gasteiger partial charge in [-0.1, -0.05) is 15.9 Å². The summed E-state index contributed by atoms with van der Waals surface area (Å²) in [5.41, 5.74) is 1.92. The number of hydrogen-bond acceptors (Lipinski definition) is 2. The van der Waals surface area contributed by atoms with Crippen molar-refractivity contribution in [3.05, 3.63) is 33.8 Å². The van der Waals surface area contributed by atoms with Gasteiger partial charge in [0.2, 0.25) is 0 Å². The molecule has 2 fully saturated rings. The summed E-state index contributed by atoms with van der Waals surface area (Å²) in [4.78, 5) is 14.4. The van der Waals surface area contributed by atoms with Gasteiger partial charge in [-0.05, 0) is 42.5 Å². The summed E-state index contributed by atoms with van der Waals surface area (Å²) in [6.45, 7) is 5.96. The van der Waals surface area contributed by atoms with Crippen molar-refractivity contribution in [1.29, 1.82) is 0 Å². The van der Waals surface area contributed by atoms with E-state index in [2.05, 4.69) is 21.2 Å². The molecule has 2 aliphatic heterocycles. The molecular weight excluding hydrogens is 292 g/mol. The minimum Gasteiger partial charge on any atom is -0.338 e. The molecule has 0 aliphatic carbocycles. The monoisotopic (exact) mass is 308 g/mol. The van der Waals surface area contributed by atoms with E-state index in [0.29, 0.717) is 11.8 Å². The Morgan fingerprint density at radius 3 is 2.61 bits per heavy atom. The van der Waals surface area contributed by atoms with Gasteiger partial charge < -0.3 is 10.2 Å². The number of nitrogens with one attached hydrogen (secondary N) is 1. The van der Waals surface area contributed by atoms with Gasteiger partial charge in [0.15, 0.2) is 0 Å². The Morgan fingerprint density at radius 1 is 1.33 bits per heavy atom. The zero-order valence-electron chi connectivity index (χ0n) is 10.4. The largest absolute Gasteiger partial charge is 0.338 e. The molecule has 96 valence electrons. The van der Waals surface area contributed by atoms with Crippen molar-refractivity contribution < 1.29 is 4.79 Å². The Hall–Kier alpha value is -0.870. The van der Waals surface area contributed by atoms with E-state index >= 15 is 0 Å². The minimum absolute atomic E-state index is 0.181. The van der Waals surface area contributed by atoms with Gasteiger partial charge in [0.1, 0.15) is 0 Å². The first-order valence-corrected chi connectivity index (χ1v) is 7.20. The third-order valence-corrected chi connectivity index (χ3v) is 4.97. The molecule has 2 aliphatic rings. The molecule has 3 nitrogen and oxygen atoms in total. The smallest absolute Gasteiger partial charge is 0.253 e. The average molecular weight is 309 g/mol. The number of benzene rings is 1. The minimum atomic E-state index is 0.181. The van der Waals surface area contributed by atoms with Crippen molar-refractivity contribution in [3.8, 4) is 0 Å². The molecule has 0 bridgehead atoms. The SMILES string of the molecule is Cc1cc(C(=O)N2CC3CNCC3C2)ccc1Br. The van der Waals surface area contributed by atoms with Gasteiger partial charge in [-0.25, -0.2) is 0 Å². The number of hydrogen-bond donors (Lipinski definition) is 1. The van der Waals surface area contributed by atoms with Crippen molar-refractivity contribution >= 4 is 21.8 Å². The number of carbonyl (C=O) groups excluding carboxylic acids is 1. The molecule has 0 saturated carbocycles. The van der Waals surface area contributed by atoms with Crippen molar-refractivity contribution in [2.24, 2.45) is 11.8 Å². The fraction of sp³-hybridized carbons (Fsp3) is 0.500. The number of fused-ring (bicyclic) bond motifs is 1. The topological polar surface area (TPSA) is 32.3 Å². The molecule has 1 aromatic rings. The Labute approximate surface area is 116 Å². The van der Waals surface area contributed by atoms with Gasteiger partial charge in [-0.2, -0.15) is 0 Å². The van der Waals surface area contributed by atoms with E-state index in [4.69, 9.17) is 0 Å². The van der Waals surface area contributed by atoms with Crippen LogP contribution >= 0.6 is 15.9 Å². The molecule has 2 saturated heterocycles. The van der Waals surface area contributed by atoms with Gasteiger partial charge in [0.25, 0.3) is 5.91 Å². The van der Waals surface area contributed by atoms with Crippen molar-refractivity contribution in [2.75, 3.05) is 26.2 Å².